The molecule has 9 heteroatoms. The number of benzene rings is 2. The number of amides is 2. The molecular formula is C30H36ClN5O3. The highest BCUT2D eigenvalue weighted by molar-refractivity contribution is 6.36. The maximum Gasteiger partial charge on any atom is 0.257 e. The molecule has 3 heterocycles. The van der Waals surface area contributed by atoms with Crippen LogP contribution in [0.5, 0.6) is 5.75 Å². The van der Waals surface area contributed by atoms with Crippen LogP contribution in [0, 0.1) is 0 Å². The number of anilines is 1. The number of halogens is 1. The van der Waals surface area contributed by atoms with Gasteiger partial charge in [0.15, 0.2) is 0 Å². The smallest absolute Gasteiger partial charge is 0.257 e. The average Bonchev–Trinajstić information content (AvgIpc) is 3.16. The van der Waals surface area contributed by atoms with Crippen LogP contribution in [-0.2, 0) is 4.79 Å². The highest BCUT2D eigenvalue weighted by atomic mass is 35.5. The number of carbonyl (C=O) groups excluding carboxylic acids is 2. The van der Waals surface area contributed by atoms with Gasteiger partial charge in [0, 0.05) is 31.7 Å². The van der Waals surface area contributed by atoms with Gasteiger partial charge in [-0.3, -0.25) is 14.9 Å². The SMILES string of the molecule is C=CC(=O)N1CCCCC(n2c(NC(=O)c3ccccc3)nc3ccc(OC4CCN(CC)CC4)c(Cl)c32)C1. The summed E-state index contributed by atoms with van der Waals surface area (Å²) in [7, 11) is 0. The van der Waals surface area contributed by atoms with Crippen molar-refractivity contribution in [1.82, 2.24) is 19.4 Å². The van der Waals surface area contributed by atoms with E-state index in [-0.39, 0.29) is 24.0 Å². The first kappa shape index (κ1) is 27.2. The Bertz CT molecular complexity index is 1330. The Morgan fingerprint density at radius 2 is 1.87 bits per heavy atom. The summed E-state index contributed by atoms with van der Waals surface area (Å²) in [4.78, 5) is 34.8. The fourth-order valence-corrected chi connectivity index (χ4v) is 5.90. The maximum absolute atomic E-state index is 13.2. The number of fused-ring (bicyclic) bond motifs is 1. The Morgan fingerprint density at radius 1 is 1.10 bits per heavy atom. The molecule has 0 bridgehead atoms. The second kappa shape index (κ2) is 12.2. The lowest BCUT2D eigenvalue weighted by molar-refractivity contribution is -0.126. The van der Waals surface area contributed by atoms with E-state index >= 15 is 0 Å². The number of nitrogens with zero attached hydrogens (tertiary/aromatic N) is 4. The summed E-state index contributed by atoms with van der Waals surface area (Å²) in [5.41, 5.74) is 1.91. The van der Waals surface area contributed by atoms with Crippen molar-refractivity contribution in [2.75, 3.05) is 38.0 Å². The van der Waals surface area contributed by atoms with E-state index in [9.17, 15) is 9.59 Å². The van der Waals surface area contributed by atoms with Crippen LogP contribution in [0.15, 0.2) is 55.1 Å². The first-order valence-corrected chi connectivity index (χ1v) is 14.2. The van der Waals surface area contributed by atoms with Gasteiger partial charge in [-0.15, -0.1) is 0 Å². The minimum absolute atomic E-state index is 0.0926. The van der Waals surface area contributed by atoms with Gasteiger partial charge in [-0.25, -0.2) is 4.98 Å². The molecule has 2 aliphatic rings. The number of ether oxygens (including phenoxy) is 1. The average molecular weight is 550 g/mol. The zero-order valence-electron chi connectivity index (χ0n) is 22.4. The highest BCUT2D eigenvalue weighted by Gasteiger charge is 2.29. The zero-order valence-corrected chi connectivity index (χ0v) is 23.2. The molecule has 0 spiro atoms. The predicted molar refractivity (Wildman–Crippen MR) is 155 cm³/mol. The number of imidazole rings is 1. The van der Waals surface area contributed by atoms with Gasteiger partial charge in [0.05, 0.1) is 17.1 Å². The van der Waals surface area contributed by atoms with E-state index in [4.69, 9.17) is 21.3 Å². The molecule has 1 aromatic heterocycles. The molecule has 3 aromatic rings. The number of carbonyl (C=O) groups is 2. The fourth-order valence-electron chi connectivity index (χ4n) is 5.61. The first-order chi connectivity index (χ1) is 19.0. The lowest BCUT2D eigenvalue weighted by Crippen LogP contribution is -2.38. The van der Waals surface area contributed by atoms with Crippen LogP contribution < -0.4 is 10.1 Å². The summed E-state index contributed by atoms with van der Waals surface area (Å²) in [6, 6.07) is 12.7. The molecule has 5 rings (SSSR count). The molecule has 2 saturated heterocycles. The maximum atomic E-state index is 13.2. The van der Waals surface area contributed by atoms with Crippen molar-refractivity contribution in [3.05, 3.63) is 65.7 Å². The van der Waals surface area contributed by atoms with Crippen molar-refractivity contribution in [2.45, 2.75) is 51.2 Å². The van der Waals surface area contributed by atoms with Crippen molar-refractivity contribution in [3.63, 3.8) is 0 Å². The Balaban J connectivity index is 1.53. The lowest BCUT2D eigenvalue weighted by Gasteiger charge is -2.31. The van der Waals surface area contributed by atoms with Crippen molar-refractivity contribution >= 4 is 40.4 Å². The van der Waals surface area contributed by atoms with E-state index in [0.29, 0.717) is 46.4 Å². The molecule has 0 radical (unpaired) electrons. The molecule has 2 aliphatic heterocycles. The number of nitrogens with one attached hydrogen (secondary N) is 1. The van der Waals surface area contributed by atoms with Crippen molar-refractivity contribution in [3.8, 4) is 5.75 Å². The van der Waals surface area contributed by atoms with Crippen LogP contribution in [0.1, 0.15) is 55.4 Å². The normalized spacial score (nSPS) is 19.0. The van der Waals surface area contributed by atoms with Crippen LogP contribution in [-0.4, -0.2) is 70.0 Å². The molecule has 1 atom stereocenters. The molecule has 2 fully saturated rings. The number of piperidine rings is 1. The highest BCUT2D eigenvalue weighted by Crippen LogP contribution is 2.39. The Labute approximate surface area is 234 Å². The van der Waals surface area contributed by atoms with Gasteiger partial charge in [-0.05, 0) is 69.0 Å². The Hall–Kier alpha value is -3.36. The largest absolute Gasteiger partial charge is 0.489 e. The van der Waals surface area contributed by atoms with Crippen molar-refractivity contribution < 1.29 is 14.3 Å². The molecule has 39 heavy (non-hydrogen) atoms. The number of hydrogen-bond donors (Lipinski definition) is 1. The summed E-state index contributed by atoms with van der Waals surface area (Å²) in [6.07, 6.45) is 5.98. The number of rotatable bonds is 7. The minimum Gasteiger partial charge on any atom is -0.489 e. The van der Waals surface area contributed by atoms with Crippen molar-refractivity contribution in [1.29, 1.82) is 0 Å². The quantitative estimate of drug-likeness (QED) is 0.391. The van der Waals surface area contributed by atoms with Gasteiger partial charge < -0.3 is 19.1 Å². The second-order valence-corrected chi connectivity index (χ2v) is 10.6. The summed E-state index contributed by atoms with van der Waals surface area (Å²) in [6.45, 7) is 10.0. The Morgan fingerprint density at radius 3 is 2.59 bits per heavy atom. The number of aromatic nitrogens is 2. The standard InChI is InChI=1S/C30H36ClN5O3/c1-3-26(37)35-17-9-8-12-22(20-35)36-28-24(32-30(36)33-29(38)21-10-6-5-7-11-21)13-14-25(27(28)31)39-23-15-18-34(4-2)19-16-23/h3,5-7,10-11,13-14,22-23H,1,4,8-9,12,15-20H2,2H3,(H,32,33,38). The van der Waals surface area contributed by atoms with E-state index < -0.39 is 0 Å². The topological polar surface area (TPSA) is 79.7 Å². The van der Waals surface area contributed by atoms with E-state index in [1.54, 1.807) is 12.1 Å². The minimum atomic E-state index is -0.255. The molecule has 1 N–H and O–H groups in total. The van der Waals surface area contributed by atoms with Gasteiger partial charge in [0.1, 0.15) is 16.9 Å². The van der Waals surface area contributed by atoms with E-state index in [2.05, 4.69) is 23.7 Å². The molecule has 2 amide bonds. The summed E-state index contributed by atoms with van der Waals surface area (Å²) in [5, 5.41) is 3.49. The lowest BCUT2D eigenvalue weighted by atomic mass is 10.1. The Kier molecular flexibility index (Phi) is 8.53. The fraction of sp³-hybridized carbons (Fsp3) is 0.433. The zero-order chi connectivity index (χ0) is 27.4. The molecule has 0 aliphatic carbocycles. The summed E-state index contributed by atoms with van der Waals surface area (Å²) >= 11 is 7.07. The van der Waals surface area contributed by atoms with Crippen LogP contribution in [0.4, 0.5) is 5.95 Å². The van der Waals surface area contributed by atoms with E-state index in [1.807, 2.05) is 39.8 Å². The second-order valence-electron chi connectivity index (χ2n) is 10.3. The molecule has 0 saturated carbocycles. The predicted octanol–water partition coefficient (Wildman–Crippen LogP) is 5.54. The van der Waals surface area contributed by atoms with Gasteiger partial charge >= 0.3 is 0 Å². The molecule has 2 aromatic carbocycles. The molecule has 1 unspecified atom stereocenters. The first-order valence-electron chi connectivity index (χ1n) is 13.9. The van der Waals surface area contributed by atoms with Gasteiger partial charge in [-0.1, -0.05) is 43.3 Å². The third kappa shape index (κ3) is 5.97. The number of hydrogen-bond acceptors (Lipinski definition) is 5. The van der Waals surface area contributed by atoms with E-state index in [0.717, 1.165) is 51.7 Å². The molecule has 206 valence electrons. The monoisotopic (exact) mass is 549 g/mol. The van der Waals surface area contributed by atoms with Crippen molar-refractivity contribution in [2.24, 2.45) is 0 Å². The molecular weight excluding hydrogens is 514 g/mol. The number of likely N-dealkylation sites (tertiary alicyclic amines) is 2. The van der Waals surface area contributed by atoms with Crippen LogP contribution >= 0.6 is 11.6 Å². The van der Waals surface area contributed by atoms with Gasteiger partial charge in [0.2, 0.25) is 11.9 Å². The third-order valence-electron chi connectivity index (χ3n) is 7.79. The summed E-state index contributed by atoms with van der Waals surface area (Å²) in [5.74, 6) is 0.672. The summed E-state index contributed by atoms with van der Waals surface area (Å²) < 4.78 is 8.43. The molecule has 8 nitrogen and oxygen atoms in total. The van der Waals surface area contributed by atoms with Crippen LogP contribution in [0.2, 0.25) is 5.02 Å². The van der Waals surface area contributed by atoms with Crippen LogP contribution in [0.3, 0.4) is 0 Å². The van der Waals surface area contributed by atoms with E-state index in [1.165, 1.54) is 6.08 Å². The van der Waals surface area contributed by atoms with Crippen LogP contribution in [0.25, 0.3) is 11.0 Å². The third-order valence-corrected chi connectivity index (χ3v) is 8.15. The van der Waals surface area contributed by atoms with Gasteiger partial charge in [0.25, 0.3) is 5.91 Å². The van der Waals surface area contributed by atoms with Gasteiger partial charge in [-0.2, -0.15) is 0 Å².